The minimum Gasteiger partial charge on any atom is -0.361 e. The van der Waals surface area contributed by atoms with E-state index in [0.29, 0.717) is 6.04 Å². The zero-order valence-electron chi connectivity index (χ0n) is 9.49. The van der Waals surface area contributed by atoms with Crippen molar-refractivity contribution in [2.24, 2.45) is 5.73 Å². The van der Waals surface area contributed by atoms with Gasteiger partial charge >= 0.3 is 0 Å². The van der Waals surface area contributed by atoms with Gasteiger partial charge in [0.25, 0.3) is 0 Å². The van der Waals surface area contributed by atoms with E-state index < -0.39 is 0 Å². The number of aryl methyl sites for hydroxylation is 2. The SMILES string of the molecule is Cc1noc(C)c1[C@@H]1CCCN1CCN. The molecule has 1 aromatic rings. The third-order valence-corrected chi connectivity index (χ3v) is 3.20. The molecule has 1 aliphatic rings. The van der Waals surface area contributed by atoms with Crippen LogP contribution in [0.25, 0.3) is 0 Å². The van der Waals surface area contributed by atoms with Gasteiger partial charge in [-0.25, -0.2) is 0 Å². The molecular weight excluding hydrogens is 190 g/mol. The van der Waals surface area contributed by atoms with E-state index in [-0.39, 0.29) is 0 Å². The highest BCUT2D eigenvalue weighted by Gasteiger charge is 2.29. The monoisotopic (exact) mass is 209 g/mol. The first-order valence-electron chi connectivity index (χ1n) is 5.61. The fourth-order valence-electron chi connectivity index (χ4n) is 2.55. The minimum atomic E-state index is 0.472. The van der Waals surface area contributed by atoms with Crippen molar-refractivity contribution in [2.75, 3.05) is 19.6 Å². The molecule has 15 heavy (non-hydrogen) atoms. The lowest BCUT2D eigenvalue weighted by atomic mass is 10.0. The summed E-state index contributed by atoms with van der Waals surface area (Å²) >= 11 is 0. The van der Waals surface area contributed by atoms with Gasteiger partial charge in [-0.1, -0.05) is 5.16 Å². The molecule has 4 nitrogen and oxygen atoms in total. The van der Waals surface area contributed by atoms with Crippen molar-refractivity contribution in [1.29, 1.82) is 0 Å². The number of nitrogens with zero attached hydrogens (tertiary/aromatic N) is 2. The highest BCUT2D eigenvalue weighted by Crippen LogP contribution is 2.34. The quantitative estimate of drug-likeness (QED) is 0.817. The van der Waals surface area contributed by atoms with Crippen molar-refractivity contribution in [2.45, 2.75) is 32.7 Å². The lowest BCUT2D eigenvalue weighted by Crippen LogP contribution is -2.29. The van der Waals surface area contributed by atoms with Crippen LogP contribution < -0.4 is 5.73 Å². The van der Waals surface area contributed by atoms with Crippen molar-refractivity contribution in [3.05, 3.63) is 17.0 Å². The summed E-state index contributed by atoms with van der Waals surface area (Å²) in [6.45, 7) is 6.85. The molecule has 84 valence electrons. The van der Waals surface area contributed by atoms with Crippen LogP contribution in [0.1, 0.15) is 35.9 Å². The normalized spacial score (nSPS) is 22.5. The van der Waals surface area contributed by atoms with E-state index in [1.807, 2.05) is 13.8 Å². The van der Waals surface area contributed by atoms with Crippen molar-refractivity contribution >= 4 is 0 Å². The van der Waals surface area contributed by atoms with Gasteiger partial charge in [0.05, 0.1) is 5.69 Å². The molecule has 0 aliphatic carbocycles. The Bertz CT molecular complexity index is 315. The number of aromatic nitrogens is 1. The van der Waals surface area contributed by atoms with Gasteiger partial charge in [-0.3, -0.25) is 4.90 Å². The van der Waals surface area contributed by atoms with E-state index in [0.717, 1.165) is 31.1 Å². The standard InChI is InChI=1S/C11H19N3O/c1-8-11(9(2)15-13-8)10-4-3-6-14(10)7-5-12/h10H,3-7,12H2,1-2H3/t10-/m0/s1. The van der Waals surface area contributed by atoms with E-state index in [2.05, 4.69) is 10.1 Å². The van der Waals surface area contributed by atoms with Crippen LogP contribution in [0.3, 0.4) is 0 Å². The summed E-state index contributed by atoms with van der Waals surface area (Å²) in [6, 6.07) is 0.472. The molecule has 2 rings (SSSR count). The van der Waals surface area contributed by atoms with Gasteiger partial charge in [-0.15, -0.1) is 0 Å². The second-order valence-corrected chi connectivity index (χ2v) is 4.22. The van der Waals surface area contributed by atoms with Crippen molar-refractivity contribution in [3.63, 3.8) is 0 Å². The predicted molar refractivity (Wildman–Crippen MR) is 58.6 cm³/mol. The van der Waals surface area contributed by atoms with Crippen LogP contribution >= 0.6 is 0 Å². The maximum atomic E-state index is 5.62. The molecular formula is C11H19N3O. The second kappa shape index (κ2) is 4.33. The lowest BCUT2D eigenvalue weighted by Gasteiger charge is -2.23. The van der Waals surface area contributed by atoms with Gasteiger partial charge in [0.15, 0.2) is 0 Å². The number of rotatable bonds is 3. The van der Waals surface area contributed by atoms with Gasteiger partial charge in [-0.05, 0) is 33.2 Å². The maximum Gasteiger partial charge on any atom is 0.138 e. The molecule has 1 atom stereocenters. The Hall–Kier alpha value is -0.870. The van der Waals surface area contributed by atoms with Crippen LogP contribution in [-0.2, 0) is 0 Å². The van der Waals surface area contributed by atoms with Crippen LogP contribution in [0.2, 0.25) is 0 Å². The molecule has 0 saturated carbocycles. The molecule has 0 bridgehead atoms. The lowest BCUT2D eigenvalue weighted by molar-refractivity contribution is 0.261. The first kappa shape index (κ1) is 10.6. The molecule has 1 aliphatic heterocycles. The minimum absolute atomic E-state index is 0.472. The Morgan fingerprint density at radius 2 is 2.33 bits per heavy atom. The molecule has 1 saturated heterocycles. The maximum absolute atomic E-state index is 5.62. The fraction of sp³-hybridized carbons (Fsp3) is 0.727. The number of hydrogen-bond donors (Lipinski definition) is 1. The van der Waals surface area contributed by atoms with E-state index in [1.165, 1.54) is 18.4 Å². The van der Waals surface area contributed by atoms with Gasteiger partial charge in [0.2, 0.25) is 0 Å². The second-order valence-electron chi connectivity index (χ2n) is 4.22. The molecule has 0 radical (unpaired) electrons. The Morgan fingerprint density at radius 1 is 1.53 bits per heavy atom. The van der Waals surface area contributed by atoms with Crippen LogP contribution in [0.15, 0.2) is 4.52 Å². The molecule has 0 amide bonds. The summed E-state index contributed by atoms with van der Waals surface area (Å²) in [5, 5.41) is 4.02. The Morgan fingerprint density at radius 3 is 2.93 bits per heavy atom. The number of nitrogens with two attached hydrogens (primary N) is 1. The van der Waals surface area contributed by atoms with E-state index in [4.69, 9.17) is 10.3 Å². The molecule has 0 aromatic carbocycles. The Kier molecular flexibility index (Phi) is 3.07. The highest BCUT2D eigenvalue weighted by molar-refractivity contribution is 5.26. The molecule has 0 unspecified atom stereocenters. The van der Waals surface area contributed by atoms with Gasteiger partial charge in [0.1, 0.15) is 5.76 Å². The summed E-state index contributed by atoms with van der Waals surface area (Å²) in [7, 11) is 0. The average molecular weight is 209 g/mol. The predicted octanol–water partition coefficient (Wildman–Crippen LogP) is 1.39. The summed E-state index contributed by atoms with van der Waals surface area (Å²) in [5.41, 5.74) is 7.93. The fourth-order valence-corrected chi connectivity index (χ4v) is 2.55. The van der Waals surface area contributed by atoms with Crippen molar-refractivity contribution in [3.8, 4) is 0 Å². The summed E-state index contributed by atoms with van der Waals surface area (Å²) in [6.07, 6.45) is 2.44. The van der Waals surface area contributed by atoms with E-state index in [9.17, 15) is 0 Å². The van der Waals surface area contributed by atoms with Gasteiger partial charge < -0.3 is 10.3 Å². The van der Waals surface area contributed by atoms with Gasteiger partial charge in [0, 0.05) is 24.7 Å². The average Bonchev–Trinajstić information content (AvgIpc) is 2.75. The highest BCUT2D eigenvalue weighted by atomic mass is 16.5. The zero-order valence-corrected chi connectivity index (χ0v) is 9.49. The molecule has 1 fully saturated rings. The smallest absolute Gasteiger partial charge is 0.138 e. The van der Waals surface area contributed by atoms with Crippen LogP contribution in [0.4, 0.5) is 0 Å². The largest absolute Gasteiger partial charge is 0.361 e. The van der Waals surface area contributed by atoms with Crippen molar-refractivity contribution < 1.29 is 4.52 Å². The van der Waals surface area contributed by atoms with Crippen LogP contribution in [0, 0.1) is 13.8 Å². The summed E-state index contributed by atoms with van der Waals surface area (Å²) < 4.78 is 5.23. The molecule has 2 N–H and O–H groups in total. The first-order valence-corrected chi connectivity index (χ1v) is 5.61. The number of likely N-dealkylation sites (tertiary alicyclic amines) is 1. The first-order chi connectivity index (χ1) is 7.24. The van der Waals surface area contributed by atoms with E-state index in [1.54, 1.807) is 0 Å². The van der Waals surface area contributed by atoms with Crippen LogP contribution in [-0.4, -0.2) is 29.7 Å². The summed E-state index contributed by atoms with van der Waals surface area (Å²) in [4.78, 5) is 2.44. The summed E-state index contributed by atoms with van der Waals surface area (Å²) in [5.74, 6) is 0.960. The molecule has 4 heteroatoms. The zero-order chi connectivity index (χ0) is 10.8. The Labute approximate surface area is 90.4 Å². The van der Waals surface area contributed by atoms with E-state index >= 15 is 0 Å². The van der Waals surface area contributed by atoms with Gasteiger partial charge in [-0.2, -0.15) is 0 Å². The third kappa shape index (κ3) is 1.92. The third-order valence-electron chi connectivity index (χ3n) is 3.20. The molecule has 2 heterocycles. The van der Waals surface area contributed by atoms with Crippen molar-refractivity contribution in [1.82, 2.24) is 10.1 Å². The Balaban J connectivity index is 2.22. The topological polar surface area (TPSA) is 55.3 Å². The molecule has 1 aromatic heterocycles. The molecule has 0 spiro atoms. The van der Waals surface area contributed by atoms with Crippen LogP contribution in [0.5, 0.6) is 0 Å². The number of hydrogen-bond acceptors (Lipinski definition) is 4.